The van der Waals surface area contributed by atoms with Crippen LogP contribution in [0.1, 0.15) is 31.0 Å². The van der Waals surface area contributed by atoms with Gasteiger partial charge in [-0.15, -0.1) is 0 Å². The molecule has 2 unspecified atom stereocenters. The van der Waals surface area contributed by atoms with E-state index in [9.17, 15) is 4.79 Å². The molecule has 0 aromatic heterocycles. The van der Waals surface area contributed by atoms with Crippen molar-refractivity contribution in [1.29, 1.82) is 5.26 Å². The summed E-state index contributed by atoms with van der Waals surface area (Å²) in [5.41, 5.74) is 1.50. The average Bonchev–Trinajstić information content (AvgIpc) is 2.56. The lowest BCUT2D eigenvalue weighted by Crippen LogP contribution is -2.37. The highest BCUT2D eigenvalue weighted by Gasteiger charge is 2.18. The van der Waals surface area contributed by atoms with Gasteiger partial charge < -0.3 is 10.1 Å². The van der Waals surface area contributed by atoms with E-state index in [2.05, 4.69) is 11.4 Å². The number of rotatable bonds is 5. The van der Waals surface area contributed by atoms with Gasteiger partial charge in [-0.3, -0.25) is 4.79 Å². The van der Waals surface area contributed by atoms with Crippen molar-refractivity contribution >= 4 is 17.5 Å². The normalized spacial score (nSPS) is 12.8. The topological polar surface area (TPSA) is 62.1 Å². The van der Waals surface area contributed by atoms with Gasteiger partial charge in [-0.25, -0.2) is 0 Å². The number of ether oxygens (including phenoxy) is 1. The van der Waals surface area contributed by atoms with Gasteiger partial charge in [0.1, 0.15) is 5.75 Å². The Bertz CT molecular complexity index is 723. The number of amides is 1. The van der Waals surface area contributed by atoms with Crippen LogP contribution in [0.25, 0.3) is 0 Å². The number of nitrogens with one attached hydrogen (secondary N) is 1. The first-order chi connectivity index (χ1) is 11.0. The molecule has 2 aromatic rings. The van der Waals surface area contributed by atoms with Crippen LogP contribution in [0.2, 0.25) is 5.02 Å². The fourth-order valence-electron chi connectivity index (χ4n) is 2.04. The van der Waals surface area contributed by atoms with Crippen LogP contribution in [-0.2, 0) is 4.79 Å². The van der Waals surface area contributed by atoms with Gasteiger partial charge in [0.05, 0.1) is 22.7 Å². The van der Waals surface area contributed by atoms with E-state index in [0.29, 0.717) is 16.3 Å². The molecule has 0 saturated heterocycles. The molecule has 0 heterocycles. The molecular weight excluding hydrogens is 312 g/mol. The minimum absolute atomic E-state index is 0.187. The maximum absolute atomic E-state index is 12.2. The quantitative estimate of drug-likeness (QED) is 0.906. The lowest BCUT2D eigenvalue weighted by atomic mass is 10.1. The van der Waals surface area contributed by atoms with Crippen molar-refractivity contribution in [2.45, 2.75) is 26.0 Å². The lowest BCUT2D eigenvalue weighted by Gasteiger charge is -2.19. The van der Waals surface area contributed by atoms with Crippen LogP contribution in [0.15, 0.2) is 48.5 Å². The molecule has 2 aromatic carbocycles. The zero-order chi connectivity index (χ0) is 16.8. The molecule has 23 heavy (non-hydrogen) atoms. The molecule has 0 aliphatic rings. The minimum Gasteiger partial charge on any atom is -0.479 e. The maximum Gasteiger partial charge on any atom is 0.261 e. The zero-order valence-electron chi connectivity index (χ0n) is 12.9. The van der Waals surface area contributed by atoms with Gasteiger partial charge in [0.25, 0.3) is 5.91 Å². The van der Waals surface area contributed by atoms with Crippen molar-refractivity contribution in [3.05, 3.63) is 64.7 Å². The number of carbonyl (C=O) groups excluding carboxylic acids is 1. The van der Waals surface area contributed by atoms with E-state index in [1.807, 2.05) is 19.1 Å². The van der Waals surface area contributed by atoms with Gasteiger partial charge in [-0.1, -0.05) is 35.9 Å². The largest absolute Gasteiger partial charge is 0.479 e. The van der Waals surface area contributed by atoms with Crippen molar-refractivity contribution in [2.24, 2.45) is 0 Å². The summed E-state index contributed by atoms with van der Waals surface area (Å²) < 4.78 is 5.59. The summed E-state index contributed by atoms with van der Waals surface area (Å²) in [4.78, 5) is 12.2. The van der Waals surface area contributed by atoms with Crippen LogP contribution in [0.3, 0.4) is 0 Å². The molecule has 0 aliphatic heterocycles. The summed E-state index contributed by atoms with van der Waals surface area (Å²) in [7, 11) is 0. The predicted molar refractivity (Wildman–Crippen MR) is 89.3 cm³/mol. The van der Waals surface area contributed by atoms with Gasteiger partial charge >= 0.3 is 0 Å². The molecule has 2 atom stereocenters. The second kappa shape index (κ2) is 7.66. The SMILES string of the molecule is CC(Oc1ccccc1Cl)C(=O)NC(C)c1ccc(C#N)cc1. The van der Waals surface area contributed by atoms with Gasteiger partial charge in [0.15, 0.2) is 6.10 Å². The van der Waals surface area contributed by atoms with Crippen LogP contribution in [0.4, 0.5) is 0 Å². The van der Waals surface area contributed by atoms with Crippen molar-refractivity contribution < 1.29 is 9.53 Å². The summed E-state index contributed by atoms with van der Waals surface area (Å²) in [5.74, 6) is 0.240. The van der Waals surface area contributed by atoms with Crippen LogP contribution in [-0.4, -0.2) is 12.0 Å². The van der Waals surface area contributed by atoms with E-state index in [-0.39, 0.29) is 11.9 Å². The predicted octanol–water partition coefficient (Wildman–Crippen LogP) is 3.86. The molecule has 0 saturated carbocycles. The molecule has 0 bridgehead atoms. The van der Waals surface area contributed by atoms with Crippen LogP contribution >= 0.6 is 11.6 Å². The summed E-state index contributed by atoms with van der Waals surface area (Å²) in [6.45, 7) is 3.55. The molecule has 4 nitrogen and oxygen atoms in total. The van der Waals surface area contributed by atoms with E-state index in [1.54, 1.807) is 43.3 Å². The first kappa shape index (κ1) is 16.9. The van der Waals surface area contributed by atoms with E-state index in [4.69, 9.17) is 21.6 Å². The third-order valence-corrected chi connectivity index (χ3v) is 3.72. The van der Waals surface area contributed by atoms with Gasteiger partial charge in [-0.05, 0) is 43.7 Å². The number of carbonyl (C=O) groups is 1. The molecule has 0 fully saturated rings. The fraction of sp³-hybridized carbons (Fsp3) is 0.222. The molecule has 2 rings (SSSR count). The van der Waals surface area contributed by atoms with Crippen LogP contribution < -0.4 is 10.1 Å². The molecule has 5 heteroatoms. The molecular formula is C18H17ClN2O2. The Morgan fingerprint density at radius 3 is 2.43 bits per heavy atom. The first-order valence-corrected chi connectivity index (χ1v) is 7.60. The fourth-order valence-corrected chi connectivity index (χ4v) is 2.22. The maximum atomic E-state index is 12.2. The van der Waals surface area contributed by atoms with E-state index in [1.165, 1.54) is 0 Å². The summed E-state index contributed by atoms with van der Waals surface area (Å²) >= 11 is 6.02. The standard InChI is InChI=1S/C18H17ClN2O2/c1-12(15-9-7-14(11-20)8-10-15)21-18(22)13(2)23-17-6-4-3-5-16(17)19/h3-10,12-13H,1-2H3,(H,21,22). The third-order valence-electron chi connectivity index (χ3n) is 3.41. The Labute approximate surface area is 140 Å². The molecule has 1 N–H and O–H groups in total. The number of hydrogen-bond donors (Lipinski definition) is 1. The number of benzene rings is 2. The van der Waals surface area contributed by atoms with Crippen LogP contribution in [0.5, 0.6) is 5.75 Å². The van der Waals surface area contributed by atoms with Gasteiger partial charge in [0.2, 0.25) is 0 Å². The minimum atomic E-state index is -0.671. The Morgan fingerprint density at radius 1 is 1.17 bits per heavy atom. The van der Waals surface area contributed by atoms with E-state index < -0.39 is 6.10 Å². The number of halogens is 1. The number of hydrogen-bond acceptors (Lipinski definition) is 3. The highest BCUT2D eigenvalue weighted by Crippen LogP contribution is 2.24. The smallest absolute Gasteiger partial charge is 0.261 e. The number of nitriles is 1. The van der Waals surface area contributed by atoms with E-state index in [0.717, 1.165) is 5.56 Å². The third kappa shape index (κ3) is 4.48. The number of para-hydroxylation sites is 1. The zero-order valence-corrected chi connectivity index (χ0v) is 13.7. The van der Waals surface area contributed by atoms with Crippen molar-refractivity contribution in [1.82, 2.24) is 5.32 Å². The Kier molecular flexibility index (Phi) is 5.61. The highest BCUT2D eigenvalue weighted by atomic mass is 35.5. The molecule has 0 spiro atoms. The molecule has 0 radical (unpaired) electrons. The van der Waals surface area contributed by atoms with Gasteiger partial charge in [-0.2, -0.15) is 5.26 Å². The highest BCUT2D eigenvalue weighted by molar-refractivity contribution is 6.32. The second-order valence-electron chi connectivity index (χ2n) is 5.15. The summed E-state index contributed by atoms with van der Waals surface area (Å²) in [6, 6.07) is 16.0. The Hall–Kier alpha value is -2.51. The average molecular weight is 329 g/mol. The van der Waals surface area contributed by atoms with Crippen molar-refractivity contribution in [3.8, 4) is 11.8 Å². The van der Waals surface area contributed by atoms with Crippen LogP contribution in [0, 0.1) is 11.3 Å². The summed E-state index contributed by atoms with van der Waals surface area (Å²) in [5, 5.41) is 12.1. The first-order valence-electron chi connectivity index (χ1n) is 7.23. The second-order valence-corrected chi connectivity index (χ2v) is 5.56. The Balaban J connectivity index is 1.97. The molecule has 1 amide bonds. The molecule has 118 valence electrons. The molecule has 0 aliphatic carbocycles. The Morgan fingerprint density at radius 2 is 1.83 bits per heavy atom. The van der Waals surface area contributed by atoms with Crippen molar-refractivity contribution in [2.75, 3.05) is 0 Å². The monoisotopic (exact) mass is 328 g/mol. The van der Waals surface area contributed by atoms with Gasteiger partial charge in [0, 0.05) is 0 Å². The van der Waals surface area contributed by atoms with Crippen molar-refractivity contribution in [3.63, 3.8) is 0 Å². The lowest BCUT2D eigenvalue weighted by molar-refractivity contribution is -0.127. The number of nitrogens with zero attached hydrogens (tertiary/aromatic N) is 1. The van der Waals surface area contributed by atoms with E-state index >= 15 is 0 Å². The summed E-state index contributed by atoms with van der Waals surface area (Å²) in [6.07, 6.45) is -0.671.